The van der Waals surface area contributed by atoms with Crippen LogP contribution in [0.5, 0.6) is 5.75 Å². The standard InChI is InChI=1S/C9H10BrO4P/c1-2-7-13-15(11,12)14-9-6-4-3-5-8(9)10/h2-6H,1,7H2,(H,11,12). The minimum Gasteiger partial charge on any atom is -0.403 e. The molecule has 1 aromatic carbocycles. The number of halogens is 1. The van der Waals surface area contributed by atoms with Gasteiger partial charge in [-0.05, 0) is 28.1 Å². The van der Waals surface area contributed by atoms with Gasteiger partial charge in [-0.15, -0.1) is 6.58 Å². The second-order valence-electron chi connectivity index (χ2n) is 2.57. The van der Waals surface area contributed by atoms with Crippen molar-refractivity contribution >= 4 is 23.8 Å². The predicted molar refractivity (Wildman–Crippen MR) is 60.7 cm³/mol. The fourth-order valence-corrected chi connectivity index (χ4v) is 2.06. The topological polar surface area (TPSA) is 55.8 Å². The van der Waals surface area contributed by atoms with Crippen LogP contribution in [0.3, 0.4) is 0 Å². The smallest absolute Gasteiger partial charge is 0.403 e. The zero-order valence-corrected chi connectivity index (χ0v) is 10.3. The fraction of sp³-hybridized carbons (Fsp3) is 0.111. The number of para-hydroxylation sites is 1. The Morgan fingerprint density at radius 3 is 2.80 bits per heavy atom. The number of benzene rings is 1. The van der Waals surface area contributed by atoms with Crippen LogP contribution < -0.4 is 4.52 Å². The Bertz CT molecular complexity index is 393. The maximum atomic E-state index is 11.3. The summed E-state index contributed by atoms with van der Waals surface area (Å²) in [5, 5.41) is 0. The molecule has 4 nitrogen and oxygen atoms in total. The molecule has 82 valence electrons. The number of hydrogen-bond acceptors (Lipinski definition) is 3. The lowest BCUT2D eigenvalue weighted by Gasteiger charge is -2.12. The Hall–Kier alpha value is -0.610. The highest BCUT2D eigenvalue weighted by molar-refractivity contribution is 9.10. The van der Waals surface area contributed by atoms with Crippen LogP contribution in [-0.4, -0.2) is 11.5 Å². The zero-order valence-electron chi connectivity index (χ0n) is 7.80. The summed E-state index contributed by atoms with van der Waals surface area (Å²) in [6.45, 7) is 3.32. The van der Waals surface area contributed by atoms with Gasteiger partial charge >= 0.3 is 7.82 Å². The molecule has 0 saturated heterocycles. The summed E-state index contributed by atoms with van der Waals surface area (Å²) < 4.78 is 21.3. The molecule has 1 aromatic rings. The quantitative estimate of drug-likeness (QED) is 0.669. The minimum absolute atomic E-state index is 0.0434. The molecule has 0 fully saturated rings. The first-order valence-electron chi connectivity index (χ1n) is 4.07. The average molecular weight is 293 g/mol. The van der Waals surface area contributed by atoms with Crippen molar-refractivity contribution in [2.24, 2.45) is 0 Å². The fourth-order valence-electron chi connectivity index (χ4n) is 0.816. The van der Waals surface area contributed by atoms with E-state index in [0.29, 0.717) is 4.47 Å². The lowest BCUT2D eigenvalue weighted by molar-refractivity contribution is 0.222. The van der Waals surface area contributed by atoms with Gasteiger partial charge in [0.2, 0.25) is 0 Å². The van der Waals surface area contributed by atoms with Crippen LogP contribution >= 0.6 is 23.8 Å². The molecule has 1 atom stereocenters. The Morgan fingerprint density at radius 2 is 2.20 bits per heavy atom. The van der Waals surface area contributed by atoms with Crippen LogP contribution in [0.2, 0.25) is 0 Å². The molecule has 0 bridgehead atoms. The molecular weight excluding hydrogens is 283 g/mol. The van der Waals surface area contributed by atoms with Gasteiger partial charge in [-0.1, -0.05) is 18.2 Å². The minimum atomic E-state index is -4.06. The largest absolute Gasteiger partial charge is 0.527 e. The van der Waals surface area contributed by atoms with Crippen molar-refractivity contribution < 1.29 is 18.5 Å². The van der Waals surface area contributed by atoms with E-state index in [0.717, 1.165) is 0 Å². The van der Waals surface area contributed by atoms with Crippen molar-refractivity contribution in [3.63, 3.8) is 0 Å². The number of rotatable bonds is 5. The van der Waals surface area contributed by atoms with Gasteiger partial charge in [0, 0.05) is 0 Å². The SMILES string of the molecule is C=CCOP(=O)(O)Oc1ccccc1Br. The Labute approximate surface area is 96.3 Å². The van der Waals surface area contributed by atoms with Crippen LogP contribution in [-0.2, 0) is 9.09 Å². The zero-order chi connectivity index (χ0) is 11.3. The summed E-state index contributed by atoms with van der Waals surface area (Å²) in [5.41, 5.74) is 0. The van der Waals surface area contributed by atoms with Crippen molar-refractivity contribution in [2.45, 2.75) is 0 Å². The first-order chi connectivity index (χ1) is 7.05. The summed E-state index contributed by atoms with van der Waals surface area (Å²) in [6.07, 6.45) is 1.37. The average Bonchev–Trinajstić information content (AvgIpc) is 2.18. The van der Waals surface area contributed by atoms with Gasteiger partial charge in [0.1, 0.15) is 5.75 Å². The lowest BCUT2D eigenvalue weighted by atomic mass is 10.3. The maximum absolute atomic E-state index is 11.3. The predicted octanol–water partition coefficient (Wildman–Crippen LogP) is 3.13. The van der Waals surface area contributed by atoms with Crippen LogP contribution in [0.15, 0.2) is 41.4 Å². The molecule has 0 aromatic heterocycles. The van der Waals surface area contributed by atoms with Crippen molar-refractivity contribution in [1.29, 1.82) is 0 Å². The molecule has 0 radical (unpaired) electrons. The van der Waals surface area contributed by atoms with E-state index >= 15 is 0 Å². The van der Waals surface area contributed by atoms with Gasteiger partial charge in [-0.3, -0.25) is 9.42 Å². The van der Waals surface area contributed by atoms with Crippen molar-refractivity contribution in [1.82, 2.24) is 0 Å². The second kappa shape index (κ2) is 5.47. The van der Waals surface area contributed by atoms with Gasteiger partial charge in [-0.2, -0.15) is 0 Å². The molecule has 0 spiro atoms. The number of hydrogen-bond donors (Lipinski definition) is 1. The summed E-state index contributed by atoms with van der Waals surface area (Å²) in [7, 11) is -4.06. The Balaban J connectivity index is 2.73. The Kier molecular flexibility index (Phi) is 4.54. The highest BCUT2D eigenvalue weighted by atomic mass is 79.9. The monoisotopic (exact) mass is 292 g/mol. The molecule has 0 heterocycles. The summed E-state index contributed by atoms with van der Waals surface area (Å²) in [6, 6.07) is 6.71. The summed E-state index contributed by atoms with van der Waals surface area (Å²) in [4.78, 5) is 9.27. The second-order valence-corrected chi connectivity index (χ2v) is 4.81. The first kappa shape index (κ1) is 12.5. The molecule has 1 N–H and O–H groups in total. The van der Waals surface area contributed by atoms with Gasteiger partial charge in [-0.25, -0.2) is 4.57 Å². The molecule has 1 rings (SSSR count). The molecule has 1 unspecified atom stereocenters. The molecule has 0 saturated carbocycles. The lowest BCUT2D eigenvalue weighted by Crippen LogP contribution is -1.97. The molecule has 0 amide bonds. The van der Waals surface area contributed by atoms with Gasteiger partial charge in [0.25, 0.3) is 0 Å². The molecule has 0 aliphatic rings. The van der Waals surface area contributed by atoms with Crippen LogP contribution in [0.25, 0.3) is 0 Å². The van der Waals surface area contributed by atoms with E-state index in [-0.39, 0.29) is 12.4 Å². The van der Waals surface area contributed by atoms with E-state index in [2.05, 4.69) is 27.0 Å². The third-order valence-electron chi connectivity index (χ3n) is 1.41. The molecule has 6 heteroatoms. The van der Waals surface area contributed by atoms with Gasteiger partial charge in [0.15, 0.2) is 0 Å². The number of phosphoric ester groups is 1. The van der Waals surface area contributed by atoms with E-state index in [4.69, 9.17) is 4.52 Å². The van der Waals surface area contributed by atoms with Crippen LogP contribution in [0.4, 0.5) is 0 Å². The van der Waals surface area contributed by atoms with E-state index < -0.39 is 7.82 Å². The van der Waals surface area contributed by atoms with Crippen molar-refractivity contribution in [2.75, 3.05) is 6.61 Å². The van der Waals surface area contributed by atoms with E-state index in [1.807, 2.05) is 0 Å². The summed E-state index contributed by atoms with van der Waals surface area (Å²) in [5.74, 6) is 0.257. The van der Waals surface area contributed by atoms with E-state index in [1.165, 1.54) is 6.08 Å². The maximum Gasteiger partial charge on any atom is 0.527 e. The molecule has 0 aliphatic heterocycles. The highest BCUT2D eigenvalue weighted by Gasteiger charge is 2.22. The van der Waals surface area contributed by atoms with Crippen LogP contribution in [0, 0.1) is 0 Å². The molecule has 15 heavy (non-hydrogen) atoms. The third-order valence-corrected chi connectivity index (χ3v) is 2.96. The molecular formula is C9H10BrO4P. The highest BCUT2D eigenvalue weighted by Crippen LogP contribution is 2.45. The van der Waals surface area contributed by atoms with Crippen LogP contribution in [0.1, 0.15) is 0 Å². The van der Waals surface area contributed by atoms with Crippen molar-refractivity contribution in [3.8, 4) is 5.75 Å². The van der Waals surface area contributed by atoms with Gasteiger partial charge < -0.3 is 4.52 Å². The van der Waals surface area contributed by atoms with Gasteiger partial charge in [0.05, 0.1) is 11.1 Å². The van der Waals surface area contributed by atoms with E-state index in [9.17, 15) is 9.46 Å². The normalized spacial score (nSPS) is 14.3. The Morgan fingerprint density at radius 1 is 1.53 bits per heavy atom. The van der Waals surface area contributed by atoms with Crippen molar-refractivity contribution in [3.05, 3.63) is 41.4 Å². The third kappa shape index (κ3) is 4.18. The number of phosphoric acid groups is 1. The molecule has 0 aliphatic carbocycles. The first-order valence-corrected chi connectivity index (χ1v) is 6.36. The summed E-state index contributed by atoms with van der Waals surface area (Å²) >= 11 is 3.18. The van der Waals surface area contributed by atoms with E-state index in [1.54, 1.807) is 24.3 Å².